The Hall–Kier alpha value is 0.365. The second kappa shape index (κ2) is 3.39. The highest BCUT2D eigenvalue weighted by Crippen LogP contribution is 2.26. The molecule has 2 radical (unpaired) electrons. The van der Waals surface area contributed by atoms with Crippen LogP contribution in [0.3, 0.4) is 0 Å². The van der Waals surface area contributed by atoms with Crippen LogP contribution in [0.2, 0.25) is 0 Å². The molecule has 0 aromatic heterocycles. The standard InChI is InChI=1S/C4H10BN2O2PS/c5-7-11(8,9)4-1-3(2-4)6-10/h3-4,6-7H,1-2,10H2. The van der Waals surface area contributed by atoms with E-state index in [-0.39, 0.29) is 5.25 Å². The third kappa shape index (κ3) is 1.93. The van der Waals surface area contributed by atoms with E-state index in [1.165, 1.54) is 0 Å². The van der Waals surface area contributed by atoms with E-state index in [4.69, 9.17) is 7.98 Å². The molecule has 1 fully saturated rings. The summed E-state index contributed by atoms with van der Waals surface area (Å²) < 4.78 is 23.8. The van der Waals surface area contributed by atoms with Crippen LogP contribution in [0.5, 0.6) is 0 Å². The first kappa shape index (κ1) is 9.45. The molecule has 0 spiro atoms. The molecule has 1 unspecified atom stereocenters. The zero-order valence-corrected chi connectivity index (χ0v) is 7.92. The molecule has 0 amide bonds. The molecule has 7 heteroatoms. The average molecular weight is 192 g/mol. The van der Waals surface area contributed by atoms with Crippen LogP contribution < -0.4 is 9.72 Å². The van der Waals surface area contributed by atoms with Crippen LogP contribution in [0.25, 0.3) is 0 Å². The highest BCUT2D eigenvalue weighted by atomic mass is 32.2. The van der Waals surface area contributed by atoms with Crippen molar-refractivity contribution in [2.24, 2.45) is 0 Å². The van der Waals surface area contributed by atoms with Crippen molar-refractivity contribution in [2.75, 3.05) is 0 Å². The maximum Gasteiger partial charge on any atom is 0.203 e. The Bertz CT molecular complexity index is 226. The van der Waals surface area contributed by atoms with Crippen LogP contribution >= 0.6 is 9.39 Å². The molecule has 0 aromatic carbocycles. The van der Waals surface area contributed by atoms with Crippen molar-refractivity contribution >= 4 is 27.4 Å². The van der Waals surface area contributed by atoms with Gasteiger partial charge >= 0.3 is 0 Å². The first-order chi connectivity index (χ1) is 5.10. The highest BCUT2D eigenvalue weighted by molar-refractivity contribution is 7.91. The summed E-state index contributed by atoms with van der Waals surface area (Å²) in [5.74, 6) is 0. The van der Waals surface area contributed by atoms with E-state index < -0.39 is 10.0 Å². The quantitative estimate of drug-likeness (QED) is 0.440. The maximum absolute atomic E-state index is 11.0. The van der Waals surface area contributed by atoms with Crippen LogP contribution in [0.1, 0.15) is 12.8 Å². The van der Waals surface area contributed by atoms with Crippen molar-refractivity contribution < 1.29 is 8.42 Å². The first-order valence-corrected chi connectivity index (χ1v) is 5.40. The third-order valence-electron chi connectivity index (χ3n) is 1.93. The van der Waals surface area contributed by atoms with Gasteiger partial charge in [-0.1, -0.05) is 9.39 Å². The molecule has 4 nitrogen and oxygen atoms in total. The Morgan fingerprint density at radius 3 is 2.36 bits per heavy atom. The predicted octanol–water partition coefficient (Wildman–Crippen LogP) is -1.10. The zero-order chi connectivity index (χ0) is 8.48. The van der Waals surface area contributed by atoms with Crippen molar-refractivity contribution in [3.8, 4) is 0 Å². The Morgan fingerprint density at radius 1 is 1.45 bits per heavy atom. The minimum Gasteiger partial charge on any atom is -0.298 e. The summed E-state index contributed by atoms with van der Waals surface area (Å²) in [6, 6.07) is 0.299. The van der Waals surface area contributed by atoms with E-state index in [2.05, 4.69) is 14.5 Å². The summed E-state index contributed by atoms with van der Waals surface area (Å²) in [6.07, 6.45) is 1.27. The average Bonchev–Trinajstić information content (AvgIpc) is 1.85. The normalized spacial score (nSPS) is 31.4. The molecule has 1 atom stereocenters. The van der Waals surface area contributed by atoms with Gasteiger partial charge in [0, 0.05) is 6.04 Å². The summed E-state index contributed by atoms with van der Waals surface area (Å²) in [5.41, 5.74) is 0. The molecule has 0 heterocycles. The molecular formula is C4H10BN2O2PS. The fourth-order valence-electron chi connectivity index (χ4n) is 1.05. The second-order valence-electron chi connectivity index (χ2n) is 2.62. The van der Waals surface area contributed by atoms with E-state index in [1.807, 2.05) is 4.63 Å². The van der Waals surface area contributed by atoms with Crippen molar-refractivity contribution in [2.45, 2.75) is 24.1 Å². The van der Waals surface area contributed by atoms with Gasteiger partial charge in [0.2, 0.25) is 18.0 Å². The number of hydrogen-bond donors (Lipinski definition) is 2. The molecule has 2 N–H and O–H groups in total. The molecule has 1 saturated carbocycles. The lowest BCUT2D eigenvalue weighted by Gasteiger charge is -2.33. The van der Waals surface area contributed by atoms with Gasteiger partial charge in [-0.05, 0) is 12.8 Å². The topological polar surface area (TPSA) is 58.2 Å². The zero-order valence-electron chi connectivity index (χ0n) is 5.95. The lowest BCUT2D eigenvalue weighted by Crippen LogP contribution is -2.48. The van der Waals surface area contributed by atoms with Crippen LogP contribution in [0.15, 0.2) is 0 Å². The van der Waals surface area contributed by atoms with Gasteiger partial charge in [-0.15, -0.1) is 0 Å². The van der Waals surface area contributed by atoms with Crippen LogP contribution in [0.4, 0.5) is 0 Å². The van der Waals surface area contributed by atoms with Crippen molar-refractivity contribution in [1.29, 1.82) is 0 Å². The Kier molecular flexibility index (Phi) is 2.92. The molecular weight excluding hydrogens is 182 g/mol. The first-order valence-electron chi connectivity index (χ1n) is 3.27. The number of sulfonamides is 1. The predicted molar refractivity (Wildman–Crippen MR) is 47.5 cm³/mol. The van der Waals surface area contributed by atoms with Gasteiger partial charge in [0.25, 0.3) is 0 Å². The molecule has 1 aliphatic carbocycles. The van der Waals surface area contributed by atoms with Gasteiger partial charge in [0.05, 0.1) is 5.25 Å². The summed E-state index contributed by atoms with van der Waals surface area (Å²) in [4.78, 5) is 0. The highest BCUT2D eigenvalue weighted by Gasteiger charge is 2.36. The molecule has 11 heavy (non-hydrogen) atoms. The van der Waals surface area contributed by atoms with E-state index >= 15 is 0 Å². The summed E-state index contributed by atoms with van der Waals surface area (Å²) in [7, 11) is 3.98. The largest absolute Gasteiger partial charge is 0.298 e. The minimum atomic E-state index is -3.23. The lowest BCUT2D eigenvalue weighted by atomic mass is 9.93. The molecule has 0 bridgehead atoms. The SMILES string of the molecule is [B]NS(=O)(=O)C1CC(NP)C1. The molecule has 0 aromatic rings. The summed E-state index contributed by atoms with van der Waals surface area (Å²) in [5, 5.41) is 2.60. The van der Waals surface area contributed by atoms with Crippen LogP contribution in [-0.4, -0.2) is 27.7 Å². The Balaban J connectivity index is 2.44. The Labute approximate surface area is 70.2 Å². The van der Waals surface area contributed by atoms with Gasteiger partial charge < -0.3 is 0 Å². The minimum absolute atomic E-state index is 0.299. The summed E-state index contributed by atoms with van der Waals surface area (Å²) >= 11 is 0. The smallest absolute Gasteiger partial charge is 0.203 e. The van der Waals surface area contributed by atoms with Gasteiger partial charge in [-0.2, -0.15) is 0 Å². The fourth-order valence-corrected chi connectivity index (χ4v) is 2.49. The van der Waals surface area contributed by atoms with Crippen LogP contribution in [0, 0.1) is 0 Å². The second-order valence-corrected chi connectivity index (χ2v) is 4.95. The maximum atomic E-state index is 11.0. The van der Waals surface area contributed by atoms with Crippen LogP contribution in [-0.2, 0) is 10.0 Å². The summed E-state index contributed by atoms with van der Waals surface area (Å²) in [6.45, 7) is 0. The van der Waals surface area contributed by atoms with Gasteiger partial charge in [-0.3, -0.25) is 9.72 Å². The Morgan fingerprint density at radius 2 is 2.00 bits per heavy atom. The van der Waals surface area contributed by atoms with E-state index in [0.717, 1.165) is 0 Å². The van der Waals surface area contributed by atoms with E-state index in [9.17, 15) is 8.42 Å². The molecule has 1 rings (SSSR count). The van der Waals surface area contributed by atoms with E-state index in [0.29, 0.717) is 18.9 Å². The third-order valence-corrected chi connectivity index (χ3v) is 4.00. The van der Waals surface area contributed by atoms with Gasteiger partial charge in [0.15, 0.2) is 0 Å². The molecule has 0 aliphatic heterocycles. The molecule has 0 saturated heterocycles. The molecule has 1 aliphatic rings. The van der Waals surface area contributed by atoms with E-state index in [1.54, 1.807) is 0 Å². The van der Waals surface area contributed by atoms with Crippen molar-refractivity contribution in [3.05, 3.63) is 0 Å². The fraction of sp³-hybridized carbons (Fsp3) is 1.00. The number of rotatable bonds is 3. The number of nitrogens with one attached hydrogen (secondary N) is 2. The van der Waals surface area contributed by atoms with Crippen molar-refractivity contribution in [3.63, 3.8) is 0 Å². The monoisotopic (exact) mass is 192 g/mol. The molecule has 62 valence electrons. The number of hydrogen-bond acceptors (Lipinski definition) is 3. The van der Waals surface area contributed by atoms with Gasteiger partial charge in [-0.25, -0.2) is 8.42 Å². The lowest BCUT2D eigenvalue weighted by molar-refractivity contribution is 0.388. The van der Waals surface area contributed by atoms with Gasteiger partial charge in [0.1, 0.15) is 0 Å². The van der Waals surface area contributed by atoms with Crippen molar-refractivity contribution in [1.82, 2.24) is 9.72 Å².